The van der Waals surface area contributed by atoms with Crippen LogP contribution in [0.25, 0.3) is 0 Å². The summed E-state index contributed by atoms with van der Waals surface area (Å²) in [5.74, 6) is 2.96. The van der Waals surface area contributed by atoms with Gasteiger partial charge in [0.15, 0.2) is 0 Å². The van der Waals surface area contributed by atoms with E-state index in [1.165, 1.54) is 38.5 Å². The van der Waals surface area contributed by atoms with E-state index in [9.17, 15) is 9.59 Å². The molecular weight excluding hydrogens is 314 g/mol. The zero-order valence-corrected chi connectivity index (χ0v) is 15.6. The second-order valence-corrected chi connectivity index (χ2v) is 8.89. The smallest absolute Gasteiger partial charge is 0.317 e. The number of hydrogen-bond donors (Lipinski definition) is 1. The molecule has 4 rings (SSSR count). The molecule has 4 fully saturated rings. The minimum atomic E-state index is 0.145. The minimum absolute atomic E-state index is 0.145. The Morgan fingerprint density at radius 2 is 1.80 bits per heavy atom. The Labute approximate surface area is 151 Å². The maximum atomic E-state index is 12.8. The third-order valence-electron chi connectivity index (χ3n) is 7.37. The monoisotopic (exact) mass is 347 g/mol. The van der Waals surface area contributed by atoms with Crippen LogP contribution in [0.4, 0.5) is 4.79 Å². The molecule has 0 unspecified atom stereocenters. The van der Waals surface area contributed by atoms with E-state index in [0.29, 0.717) is 6.04 Å². The Hall–Kier alpha value is -1.26. The second kappa shape index (κ2) is 7.16. The first-order valence-corrected chi connectivity index (χ1v) is 10.4. The van der Waals surface area contributed by atoms with Gasteiger partial charge >= 0.3 is 6.03 Å². The molecule has 2 heterocycles. The van der Waals surface area contributed by atoms with Crippen molar-refractivity contribution in [3.63, 3.8) is 0 Å². The van der Waals surface area contributed by atoms with E-state index in [4.69, 9.17) is 0 Å². The molecule has 2 aliphatic heterocycles. The average Bonchev–Trinajstić information content (AvgIpc) is 3.32. The molecule has 2 bridgehead atoms. The van der Waals surface area contributed by atoms with Gasteiger partial charge in [-0.25, -0.2) is 4.79 Å². The molecule has 3 amide bonds. The number of likely N-dealkylation sites (tertiary alicyclic amines) is 2. The van der Waals surface area contributed by atoms with Crippen molar-refractivity contribution in [2.45, 2.75) is 76.8 Å². The van der Waals surface area contributed by atoms with Gasteiger partial charge in [0.1, 0.15) is 0 Å². The molecule has 4 atom stereocenters. The summed E-state index contributed by atoms with van der Waals surface area (Å²) >= 11 is 0. The molecule has 0 aromatic rings. The second-order valence-electron chi connectivity index (χ2n) is 8.89. The molecule has 2 aliphatic carbocycles. The number of urea groups is 1. The largest absolute Gasteiger partial charge is 0.343 e. The van der Waals surface area contributed by atoms with Gasteiger partial charge in [-0.05, 0) is 69.1 Å². The van der Waals surface area contributed by atoms with Crippen LogP contribution >= 0.6 is 0 Å². The first-order chi connectivity index (χ1) is 12.1. The molecule has 0 aromatic heterocycles. The van der Waals surface area contributed by atoms with Gasteiger partial charge in [0.05, 0.1) is 0 Å². The van der Waals surface area contributed by atoms with E-state index >= 15 is 0 Å². The highest BCUT2D eigenvalue weighted by atomic mass is 16.2. The standard InChI is InChI=1S/C20H33N3O2/c1-14(24)22-9-6-18(7-10-22)21-20(25)23-8-2-3-19(23)13-17-12-15-4-5-16(17)11-15/h15-19H,2-13H2,1H3,(H,21,25)/t15-,16-,17-,19-/m0/s1. The van der Waals surface area contributed by atoms with E-state index in [2.05, 4.69) is 10.2 Å². The van der Waals surface area contributed by atoms with Gasteiger partial charge in [-0.15, -0.1) is 0 Å². The highest BCUT2D eigenvalue weighted by Crippen LogP contribution is 2.50. The molecule has 0 aromatic carbocycles. The third kappa shape index (κ3) is 3.65. The van der Waals surface area contributed by atoms with E-state index < -0.39 is 0 Å². The van der Waals surface area contributed by atoms with Crippen molar-refractivity contribution in [1.29, 1.82) is 0 Å². The highest BCUT2D eigenvalue weighted by molar-refractivity contribution is 5.75. The zero-order valence-electron chi connectivity index (χ0n) is 15.6. The number of nitrogens with zero attached hydrogens (tertiary/aromatic N) is 2. The van der Waals surface area contributed by atoms with Crippen LogP contribution < -0.4 is 5.32 Å². The van der Waals surface area contributed by atoms with Gasteiger partial charge in [-0.2, -0.15) is 0 Å². The summed E-state index contributed by atoms with van der Waals surface area (Å²) < 4.78 is 0. The van der Waals surface area contributed by atoms with Crippen LogP contribution in [0.1, 0.15) is 64.7 Å². The Morgan fingerprint density at radius 1 is 1.00 bits per heavy atom. The van der Waals surface area contributed by atoms with Crippen molar-refractivity contribution in [2.24, 2.45) is 17.8 Å². The molecule has 5 heteroatoms. The topological polar surface area (TPSA) is 52.7 Å². The molecule has 0 radical (unpaired) electrons. The molecule has 1 N–H and O–H groups in total. The molecule has 2 saturated heterocycles. The maximum absolute atomic E-state index is 12.8. The lowest BCUT2D eigenvalue weighted by atomic mass is 9.84. The lowest BCUT2D eigenvalue weighted by Crippen LogP contribution is -2.51. The Bertz CT molecular complexity index is 515. The molecular formula is C20H33N3O2. The minimum Gasteiger partial charge on any atom is -0.343 e. The molecule has 4 aliphatic rings. The van der Waals surface area contributed by atoms with Gasteiger partial charge in [0.25, 0.3) is 0 Å². The van der Waals surface area contributed by atoms with Crippen molar-refractivity contribution in [2.75, 3.05) is 19.6 Å². The number of nitrogens with one attached hydrogen (secondary N) is 1. The molecule has 5 nitrogen and oxygen atoms in total. The fourth-order valence-electron chi connectivity index (χ4n) is 5.96. The lowest BCUT2D eigenvalue weighted by molar-refractivity contribution is -0.129. The normalized spacial score (nSPS) is 35.4. The van der Waals surface area contributed by atoms with Gasteiger partial charge in [-0.3, -0.25) is 4.79 Å². The van der Waals surface area contributed by atoms with Crippen LogP contribution in [-0.4, -0.2) is 53.5 Å². The van der Waals surface area contributed by atoms with Crippen LogP contribution in [0.3, 0.4) is 0 Å². The van der Waals surface area contributed by atoms with Crippen molar-refractivity contribution in [1.82, 2.24) is 15.1 Å². The molecule has 25 heavy (non-hydrogen) atoms. The van der Waals surface area contributed by atoms with Gasteiger partial charge in [0, 0.05) is 38.6 Å². The number of hydrogen-bond acceptors (Lipinski definition) is 2. The summed E-state index contributed by atoms with van der Waals surface area (Å²) in [5.41, 5.74) is 0. The quantitative estimate of drug-likeness (QED) is 0.853. The fraction of sp³-hybridized carbons (Fsp3) is 0.900. The fourth-order valence-corrected chi connectivity index (χ4v) is 5.96. The van der Waals surface area contributed by atoms with Gasteiger partial charge < -0.3 is 15.1 Å². The van der Waals surface area contributed by atoms with Crippen LogP contribution in [0.5, 0.6) is 0 Å². The van der Waals surface area contributed by atoms with E-state index in [0.717, 1.165) is 56.7 Å². The van der Waals surface area contributed by atoms with Crippen molar-refractivity contribution >= 4 is 11.9 Å². The summed E-state index contributed by atoms with van der Waals surface area (Å²) in [6.07, 6.45) is 11.1. The maximum Gasteiger partial charge on any atom is 0.317 e. The first-order valence-electron chi connectivity index (χ1n) is 10.4. The Kier molecular flexibility index (Phi) is 4.92. The third-order valence-corrected chi connectivity index (χ3v) is 7.37. The van der Waals surface area contributed by atoms with Crippen LogP contribution in [0.2, 0.25) is 0 Å². The van der Waals surface area contributed by atoms with Crippen LogP contribution in [-0.2, 0) is 4.79 Å². The van der Waals surface area contributed by atoms with Crippen LogP contribution in [0, 0.1) is 17.8 Å². The summed E-state index contributed by atoms with van der Waals surface area (Å²) in [7, 11) is 0. The van der Waals surface area contributed by atoms with Crippen molar-refractivity contribution in [3.8, 4) is 0 Å². The van der Waals surface area contributed by atoms with Crippen molar-refractivity contribution in [3.05, 3.63) is 0 Å². The first kappa shape index (κ1) is 17.2. The van der Waals surface area contributed by atoms with Crippen LogP contribution in [0.15, 0.2) is 0 Å². The Balaban J connectivity index is 1.27. The van der Waals surface area contributed by atoms with Gasteiger partial charge in [-0.1, -0.05) is 6.42 Å². The van der Waals surface area contributed by atoms with Crippen molar-refractivity contribution < 1.29 is 9.59 Å². The number of rotatable bonds is 3. The number of carbonyl (C=O) groups excluding carboxylic acids is 2. The molecule has 140 valence electrons. The summed E-state index contributed by atoms with van der Waals surface area (Å²) in [5, 5.41) is 3.26. The number of carbonyl (C=O) groups is 2. The highest BCUT2D eigenvalue weighted by Gasteiger charge is 2.42. The number of amides is 3. The predicted octanol–water partition coefficient (Wildman–Crippen LogP) is 3.00. The molecule has 0 spiro atoms. The summed E-state index contributed by atoms with van der Waals surface area (Å²) in [6, 6.07) is 0.834. The number of fused-ring (bicyclic) bond motifs is 2. The summed E-state index contributed by atoms with van der Waals surface area (Å²) in [6.45, 7) is 4.09. The zero-order chi connectivity index (χ0) is 17.4. The lowest BCUT2D eigenvalue weighted by Gasteiger charge is -2.34. The van der Waals surface area contributed by atoms with E-state index in [1.54, 1.807) is 6.92 Å². The Morgan fingerprint density at radius 3 is 2.44 bits per heavy atom. The van der Waals surface area contributed by atoms with Gasteiger partial charge in [0.2, 0.25) is 5.91 Å². The molecule has 2 saturated carbocycles. The predicted molar refractivity (Wildman–Crippen MR) is 97.1 cm³/mol. The number of piperidine rings is 1. The van der Waals surface area contributed by atoms with E-state index in [1.807, 2.05) is 4.90 Å². The SMILES string of the molecule is CC(=O)N1CCC(NC(=O)N2CCC[C@H]2C[C@@H]2C[C@H]3CC[C@H]2C3)CC1. The average molecular weight is 348 g/mol. The summed E-state index contributed by atoms with van der Waals surface area (Å²) in [4.78, 5) is 28.3. The van der Waals surface area contributed by atoms with E-state index in [-0.39, 0.29) is 18.0 Å².